The van der Waals surface area contributed by atoms with Gasteiger partial charge < -0.3 is 14.6 Å². The van der Waals surface area contributed by atoms with E-state index in [2.05, 4.69) is 160 Å². The van der Waals surface area contributed by atoms with Gasteiger partial charge in [0.2, 0.25) is 0 Å². The zero-order valence-corrected chi connectivity index (χ0v) is 49.2. The maximum atomic E-state index is 12.3. The van der Waals surface area contributed by atoms with Gasteiger partial charge in [-0.05, 0) is 116 Å². The van der Waals surface area contributed by atoms with Crippen LogP contribution >= 0.6 is 0 Å². The topological polar surface area (TPSA) is 72.8 Å². The molecule has 0 aliphatic rings. The van der Waals surface area contributed by atoms with Gasteiger partial charge >= 0.3 is 11.9 Å². The second kappa shape index (κ2) is 65.1. The summed E-state index contributed by atoms with van der Waals surface area (Å²) in [6, 6.07) is 0. The van der Waals surface area contributed by atoms with E-state index in [-0.39, 0.29) is 25.2 Å². The monoisotopic (exact) mass is 1050 g/mol. The van der Waals surface area contributed by atoms with Crippen LogP contribution in [-0.4, -0.2) is 36.4 Å². The van der Waals surface area contributed by atoms with Gasteiger partial charge in [0.25, 0.3) is 0 Å². The molecule has 0 aromatic heterocycles. The molecule has 5 heteroatoms. The smallest absolute Gasteiger partial charge is 0.306 e. The van der Waals surface area contributed by atoms with Gasteiger partial charge in [0.1, 0.15) is 6.61 Å². The fraction of sp³-hybridized carbons (Fsp3) is 0.634. The minimum atomic E-state index is -0.785. The Hall–Kier alpha value is -4.22. The van der Waals surface area contributed by atoms with Crippen LogP contribution in [0, 0.1) is 0 Å². The van der Waals surface area contributed by atoms with Crippen LogP contribution in [0.2, 0.25) is 0 Å². The molecule has 1 N–H and O–H groups in total. The van der Waals surface area contributed by atoms with Gasteiger partial charge in [0.05, 0.1) is 6.61 Å². The van der Waals surface area contributed by atoms with E-state index in [1.807, 2.05) is 0 Å². The summed E-state index contributed by atoms with van der Waals surface area (Å²) < 4.78 is 10.7. The molecule has 0 aromatic rings. The van der Waals surface area contributed by atoms with E-state index in [0.29, 0.717) is 12.8 Å². The fourth-order valence-electron chi connectivity index (χ4n) is 8.50. The summed E-state index contributed by atoms with van der Waals surface area (Å²) in [5.74, 6) is -0.599. The average Bonchev–Trinajstić information content (AvgIpc) is 3.42. The van der Waals surface area contributed by atoms with Crippen molar-refractivity contribution >= 4 is 11.9 Å². The molecule has 0 rings (SSSR count). The molecule has 0 aliphatic heterocycles. The molecule has 0 heterocycles. The summed E-state index contributed by atoms with van der Waals surface area (Å²) in [7, 11) is 0. The Bertz CT molecular complexity index is 1610. The van der Waals surface area contributed by atoms with Crippen LogP contribution in [-0.2, 0) is 19.1 Å². The second-order valence-corrected chi connectivity index (χ2v) is 20.4. The minimum Gasteiger partial charge on any atom is -0.462 e. The SMILES string of the molecule is CC/C=C\C/C=C\C/C=C\C/C=C\C/C=C\C/C=C\CCCCCCCCCCCCCCCCC(=O)OC(CO)COC(=O)CCCCCCCCCCCC/C=C\C/C=C\C/C=C\C/C=C\C/C=C\C/C=C\CC. The van der Waals surface area contributed by atoms with Crippen molar-refractivity contribution in [1.82, 2.24) is 0 Å². The standard InChI is InChI=1S/C71H116O5/c1-3-5-7-9-11-13-15-17-19-21-23-25-27-29-31-33-34-35-36-38-40-42-44-46-48-50-52-54-56-58-60-62-64-66-71(74)76-69(67-72)68-75-70(73)65-63-61-59-57-55-53-51-49-47-45-43-41-39-37-32-30-28-26-24-22-20-18-16-14-12-10-8-6-4-2/h5-8,11-14,17-20,23-26,29-32,34-35,39,41,69,72H,3-4,9-10,15-16,21-22,27-28,33,36-38,40,42-68H2,1-2H3/b7-5-,8-6-,13-11-,14-12-,19-17-,20-18-,25-23-,26-24-,31-29-,32-30-,35-34-,41-39-. The van der Waals surface area contributed by atoms with Gasteiger partial charge in [0.15, 0.2) is 6.10 Å². The maximum Gasteiger partial charge on any atom is 0.306 e. The summed E-state index contributed by atoms with van der Waals surface area (Å²) in [5.41, 5.74) is 0. The molecule has 0 fully saturated rings. The highest BCUT2D eigenvalue weighted by molar-refractivity contribution is 5.70. The number of unbranched alkanes of at least 4 members (excludes halogenated alkanes) is 24. The summed E-state index contributed by atoms with van der Waals surface area (Å²) in [4.78, 5) is 24.6. The molecule has 0 amide bonds. The van der Waals surface area contributed by atoms with Gasteiger partial charge in [-0.1, -0.05) is 288 Å². The molecule has 0 saturated carbocycles. The number of aliphatic hydroxyl groups is 1. The lowest BCUT2D eigenvalue weighted by atomic mass is 10.0. The Morgan fingerprint density at radius 3 is 0.789 bits per heavy atom. The third-order valence-electron chi connectivity index (χ3n) is 13.1. The number of esters is 2. The number of hydrogen-bond acceptors (Lipinski definition) is 5. The number of aliphatic hydroxyl groups excluding tert-OH is 1. The first-order valence-corrected chi connectivity index (χ1v) is 31.4. The first kappa shape index (κ1) is 71.8. The van der Waals surface area contributed by atoms with Crippen molar-refractivity contribution in [3.8, 4) is 0 Å². The van der Waals surface area contributed by atoms with Gasteiger partial charge in [-0.15, -0.1) is 0 Å². The van der Waals surface area contributed by atoms with E-state index in [0.717, 1.165) is 116 Å². The second-order valence-electron chi connectivity index (χ2n) is 20.4. The molecule has 1 unspecified atom stereocenters. The lowest BCUT2D eigenvalue weighted by molar-refractivity contribution is -0.161. The molecule has 1 atom stereocenters. The molecular weight excluding hydrogens is 933 g/mol. The number of hydrogen-bond donors (Lipinski definition) is 1. The van der Waals surface area contributed by atoms with Crippen molar-refractivity contribution in [1.29, 1.82) is 0 Å². The molecule has 76 heavy (non-hydrogen) atoms. The summed E-state index contributed by atoms with van der Waals surface area (Å²) in [6.45, 7) is 3.92. The predicted octanol–water partition coefficient (Wildman–Crippen LogP) is 21.8. The van der Waals surface area contributed by atoms with Crippen molar-refractivity contribution in [2.75, 3.05) is 13.2 Å². The first-order valence-electron chi connectivity index (χ1n) is 31.4. The van der Waals surface area contributed by atoms with Crippen molar-refractivity contribution < 1.29 is 24.2 Å². The van der Waals surface area contributed by atoms with E-state index in [9.17, 15) is 14.7 Å². The first-order chi connectivity index (χ1) is 37.6. The third kappa shape index (κ3) is 62.3. The zero-order valence-electron chi connectivity index (χ0n) is 49.2. The number of ether oxygens (including phenoxy) is 2. The van der Waals surface area contributed by atoms with Gasteiger partial charge in [-0.25, -0.2) is 0 Å². The van der Waals surface area contributed by atoms with Crippen LogP contribution in [0.1, 0.15) is 271 Å². The van der Waals surface area contributed by atoms with Crippen LogP contribution in [0.5, 0.6) is 0 Å². The van der Waals surface area contributed by atoms with E-state index in [4.69, 9.17) is 9.47 Å². The van der Waals surface area contributed by atoms with Crippen molar-refractivity contribution in [3.05, 3.63) is 146 Å². The summed E-state index contributed by atoms with van der Waals surface area (Å²) in [6.07, 6.45) is 98.3. The Labute approximate surface area is 469 Å². The lowest BCUT2D eigenvalue weighted by Crippen LogP contribution is -2.28. The molecule has 0 saturated heterocycles. The van der Waals surface area contributed by atoms with Crippen molar-refractivity contribution in [3.63, 3.8) is 0 Å². The quantitative estimate of drug-likeness (QED) is 0.0373. The lowest BCUT2D eigenvalue weighted by Gasteiger charge is -2.15. The van der Waals surface area contributed by atoms with Gasteiger partial charge in [0, 0.05) is 12.8 Å². The van der Waals surface area contributed by atoms with E-state index in [1.165, 1.54) is 128 Å². The average molecular weight is 1050 g/mol. The largest absolute Gasteiger partial charge is 0.462 e. The highest BCUT2D eigenvalue weighted by Crippen LogP contribution is 2.16. The third-order valence-corrected chi connectivity index (χ3v) is 13.1. The highest BCUT2D eigenvalue weighted by Gasteiger charge is 2.16. The highest BCUT2D eigenvalue weighted by atomic mass is 16.6. The van der Waals surface area contributed by atoms with Crippen LogP contribution in [0.15, 0.2) is 146 Å². The maximum absolute atomic E-state index is 12.3. The van der Waals surface area contributed by atoms with Crippen LogP contribution in [0.3, 0.4) is 0 Å². The summed E-state index contributed by atoms with van der Waals surface area (Å²) >= 11 is 0. The molecule has 0 aliphatic carbocycles. The molecule has 430 valence electrons. The molecule has 0 radical (unpaired) electrons. The summed E-state index contributed by atoms with van der Waals surface area (Å²) in [5, 5.41) is 9.69. The molecule has 5 nitrogen and oxygen atoms in total. The number of carbonyl (C=O) groups is 2. The van der Waals surface area contributed by atoms with Crippen molar-refractivity contribution in [2.45, 2.75) is 277 Å². The molecular formula is C71H116O5. The zero-order chi connectivity index (χ0) is 54.8. The van der Waals surface area contributed by atoms with Crippen LogP contribution in [0.25, 0.3) is 0 Å². The molecule has 0 spiro atoms. The fourth-order valence-corrected chi connectivity index (χ4v) is 8.50. The minimum absolute atomic E-state index is 0.0752. The van der Waals surface area contributed by atoms with Gasteiger partial charge in [-0.3, -0.25) is 9.59 Å². The van der Waals surface area contributed by atoms with Gasteiger partial charge in [-0.2, -0.15) is 0 Å². The van der Waals surface area contributed by atoms with Crippen LogP contribution < -0.4 is 0 Å². The van der Waals surface area contributed by atoms with E-state index >= 15 is 0 Å². The Morgan fingerprint density at radius 2 is 0.526 bits per heavy atom. The van der Waals surface area contributed by atoms with E-state index in [1.54, 1.807) is 0 Å². The predicted molar refractivity (Wildman–Crippen MR) is 334 cm³/mol. The normalized spacial score (nSPS) is 13.2. The number of rotatable bonds is 56. The number of allylic oxidation sites excluding steroid dienone is 24. The van der Waals surface area contributed by atoms with Crippen LogP contribution in [0.4, 0.5) is 0 Å². The molecule has 0 bridgehead atoms. The molecule has 0 aromatic carbocycles. The Morgan fingerprint density at radius 1 is 0.303 bits per heavy atom. The van der Waals surface area contributed by atoms with E-state index < -0.39 is 6.10 Å². The Kier molecular flexibility index (Phi) is 61.5. The number of carbonyl (C=O) groups excluding carboxylic acids is 2. The van der Waals surface area contributed by atoms with Crippen molar-refractivity contribution in [2.24, 2.45) is 0 Å². The Balaban J connectivity index is 3.53.